The van der Waals surface area contributed by atoms with Crippen LogP contribution in [0.25, 0.3) is 0 Å². The summed E-state index contributed by atoms with van der Waals surface area (Å²) in [5.74, 6) is -4.17. The van der Waals surface area contributed by atoms with Crippen molar-refractivity contribution in [3.05, 3.63) is 64.5 Å². The van der Waals surface area contributed by atoms with Gasteiger partial charge >= 0.3 is 0 Å². The van der Waals surface area contributed by atoms with Gasteiger partial charge in [-0.25, -0.2) is 9.29 Å². The van der Waals surface area contributed by atoms with Gasteiger partial charge in [0.2, 0.25) is 11.8 Å². The standard InChI is InChI=1S/C25H26FN3O7/c26-22-15(3-1-5-18(22)25(33,34)28-9-11-35-12-10-28)14-36-20-6-2-4-16-17(20)13-29(24(16)32)19-7-8-21(30)27-23(19)31/h1-6,19,33-34H,7-14H2,(H,27,30,31). The number of ether oxygens (including phenoxy) is 2. The summed E-state index contributed by atoms with van der Waals surface area (Å²) in [6, 6.07) is 8.47. The molecule has 3 aliphatic rings. The van der Waals surface area contributed by atoms with Gasteiger partial charge in [0, 0.05) is 36.2 Å². The highest BCUT2D eigenvalue weighted by Gasteiger charge is 2.41. The molecule has 2 fully saturated rings. The Labute approximate surface area is 206 Å². The molecule has 2 aromatic rings. The Bertz CT molecular complexity index is 1210. The maximum Gasteiger partial charge on any atom is 0.256 e. The van der Waals surface area contributed by atoms with Crippen molar-refractivity contribution < 1.29 is 38.5 Å². The summed E-state index contributed by atoms with van der Waals surface area (Å²) in [5.41, 5.74) is 0.763. The monoisotopic (exact) mass is 499 g/mol. The van der Waals surface area contributed by atoms with Crippen molar-refractivity contribution in [1.29, 1.82) is 0 Å². The average molecular weight is 499 g/mol. The predicted molar refractivity (Wildman–Crippen MR) is 122 cm³/mol. The van der Waals surface area contributed by atoms with Gasteiger partial charge in [-0.3, -0.25) is 19.7 Å². The van der Waals surface area contributed by atoms with Crippen LogP contribution in [0, 0.1) is 5.82 Å². The minimum atomic E-state index is -2.51. The number of carbonyl (C=O) groups excluding carboxylic acids is 3. The number of nitrogens with one attached hydrogen (secondary N) is 1. The van der Waals surface area contributed by atoms with Crippen LogP contribution in [0.5, 0.6) is 5.75 Å². The number of fused-ring (bicyclic) bond motifs is 1. The largest absolute Gasteiger partial charge is 0.488 e. The number of morpholine rings is 1. The lowest BCUT2D eigenvalue weighted by atomic mass is 10.0. The number of hydrogen-bond donors (Lipinski definition) is 3. The van der Waals surface area contributed by atoms with Gasteiger partial charge in [-0.1, -0.05) is 18.2 Å². The van der Waals surface area contributed by atoms with Gasteiger partial charge in [-0.2, -0.15) is 0 Å². The van der Waals surface area contributed by atoms with E-state index in [0.29, 0.717) is 30.1 Å². The van der Waals surface area contributed by atoms with Gasteiger partial charge in [0.15, 0.2) is 0 Å². The Morgan fingerprint density at radius 3 is 2.61 bits per heavy atom. The molecule has 0 radical (unpaired) electrons. The highest BCUT2D eigenvalue weighted by molar-refractivity contribution is 6.05. The van der Waals surface area contributed by atoms with E-state index in [4.69, 9.17) is 9.47 Å². The first-order valence-electron chi connectivity index (χ1n) is 11.7. The number of imide groups is 1. The van der Waals surface area contributed by atoms with Crippen LogP contribution in [0.1, 0.15) is 39.9 Å². The Kier molecular flexibility index (Phi) is 6.47. The molecule has 3 heterocycles. The molecule has 0 bridgehead atoms. The molecule has 190 valence electrons. The quantitative estimate of drug-likeness (QED) is 0.389. The second kappa shape index (κ2) is 9.58. The third kappa shape index (κ3) is 4.35. The van der Waals surface area contributed by atoms with E-state index >= 15 is 4.39 Å². The molecule has 0 aliphatic carbocycles. The van der Waals surface area contributed by atoms with Gasteiger partial charge in [0.25, 0.3) is 11.8 Å². The van der Waals surface area contributed by atoms with Crippen molar-refractivity contribution in [3.8, 4) is 5.75 Å². The van der Waals surface area contributed by atoms with Crippen molar-refractivity contribution >= 4 is 17.7 Å². The number of hydrogen-bond acceptors (Lipinski definition) is 8. The molecule has 36 heavy (non-hydrogen) atoms. The molecule has 0 aromatic heterocycles. The number of carbonyl (C=O) groups is 3. The highest BCUT2D eigenvalue weighted by Crippen LogP contribution is 2.34. The first kappa shape index (κ1) is 24.3. The average Bonchev–Trinajstić information content (AvgIpc) is 3.20. The number of amides is 3. The summed E-state index contributed by atoms with van der Waals surface area (Å²) in [6.45, 7) is 0.985. The van der Waals surface area contributed by atoms with Crippen LogP contribution in [0.4, 0.5) is 4.39 Å². The first-order chi connectivity index (χ1) is 17.3. The van der Waals surface area contributed by atoms with Crippen LogP contribution < -0.4 is 10.1 Å². The Morgan fingerprint density at radius 2 is 1.86 bits per heavy atom. The number of rotatable bonds is 6. The van der Waals surface area contributed by atoms with Crippen molar-refractivity contribution in [2.75, 3.05) is 26.3 Å². The lowest BCUT2D eigenvalue weighted by molar-refractivity contribution is -0.288. The van der Waals surface area contributed by atoms with Gasteiger partial charge in [0.05, 0.1) is 25.3 Å². The summed E-state index contributed by atoms with van der Waals surface area (Å²) in [7, 11) is 0. The van der Waals surface area contributed by atoms with E-state index in [1.165, 1.54) is 28.0 Å². The van der Waals surface area contributed by atoms with Gasteiger partial charge in [-0.15, -0.1) is 0 Å². The summed E-state index contributed by atoms with van der Waals surface area (Å²) < 4.78 is 26.5. The number of piperidine rings is 1. The van der Waals surface area contributed by atoms with Gasteiger partial charge in [0.1, 0.15) is 24.2 Å². The smallest absolute Gasteiger partial charge is 0.256 e. The lowest BCUT2D eigenvalue weighted by Crippen LogP contribution is -2.52. The molecule has 10 nitrogen and oxygen atoms in total. The zero-order valence-electron chi connectivity index (χ0n) is 19.4. The minimum Gasteiger partial charge on any atom is -0.488 e. The zero-order chi connectivity index (χ0) is 25.4. The van der Waals surface area contributed by atoms with Crippen LogP contribution in [-0.4, -0.2) is 70.1 Å². The fourth-order valence-electron chi connectivity index (χ4n) is 4.84. The molecule has 3 N–H and O–H groups in total. The van der Waals surface area contributed by atoms with E-state index in [0.717, 1.165) is 0 Å². The molecule has 0 saturated carbocycles. The fourth-order valence-corrected chi connectivity index (χ4v) is 4.84. The Morgan fingerprint density at radius 1 is 1.11 bits per heavy atom. The maximum atomic E-state index is 15.3. The molecule has 2 aromatic carbocycles. The van der Waals surface area contributed by atoms with E-state index in [9.17, 15) is 24.6 Å². The number of aliphatic hydroxyl groups is 2. The highest BCUT2D eigenvalue weighted by atomic mass is 19.1. The zero-order valence-corrected chi connectivity index (χ0v) is 19.4. The molecule has 2 saturated heterocycles. The number of benzene rings is 2. The van der Waals surface area contributed by atoms with E-state index in [2.05, 4.69) is 5.32 Å². The SMILES string of the molecule is O=C1CCC(N2Cc3c(OCc4cccc(C(O)(O)N5CCOCC5)c4F)cccc3C2=O)C(=O)N1. The Balaban J connectivity index is 1.34. The molecule has 11 heteroatoms. The molecular weight excluding hydrogens is 473 g/mol. The molecule has 3 aliphatic heterocycles. The normalized spacial score (nSPS) is 20.9. The van der Waals surface area contributed by atoms with Crippen LogP contribution >= 0.6 is 0 Å². The minimum absolute atomic E-state index is 0.109. The van der Waals surface area contributed by atoms with Crippen molar-refractivity contribution in [1.82, 2.24) is 15.1 Å². The topological polar surface area (TPSA) is 129 Å². The van der Waals surface area contributed by atoms with Crippen LogP contribution in [-0.2, 0) is 33.4 Å². The maximum absolute atomic E-state index is 15.3. The van der Waals surface area contributed by atoms with Gasteiger partial charge in [-0.05, 0) is 24.6 Å². The second-order valence-corrected chi connectivity index (χ2v) is 8.98. The lowest BCUT2D eigenvalue weighted by Gasteiger charge is -2.37. The van der Waals surface area contributed by atoms with Crippen LogP contribution in [0.3, 0.4) is 0 Å². The molecular formula is C25H26FN3O7. The summed E-state index contributed by atoms with van der Waals surface area (Å²) in [4.78, 5) is 39.5. The molecule has 5 rings (SSSR count). The molecule has 1 unspecified atom stereocenters. The predicted octanol–water partition coefficient (Wildman–Crippen LogP) is 0.593. The fraction of sp³-hybridized carbons (Fsp3) is 0.400. The third-order valence-electron chi connectivity index (χ3n) is 6.81. The number of nitrogens with zero attached hydrogens (tertiary/aromatic N) is 2. The van der Waals surface area contributed by atoms with Crippen molar-refractivity contribution in [2.24, 2.45) is 0 Å². The second-order valence-electron chi connectivity index (χ2n) is 8.98. The van der Waals surface area contributed by atoms with E-state index in [-0.39, 0.29) is 62.0 Å². The summed E-state index contributed by atoms with van der Waals surface area (Å²) >= 11 is 0. The Hall–Kier alpha value is -3.38. The van der Waals surface area contributed by atoms with E-state index in [1.807, 2.05) is 0 Å². The van der Waals surface area contributed by atoms with Crippen molar-refractivity contribution in [3.63, 3.8) is 0 Å². The van der Waals surface area contributed by atoms with E-state index < -0.39 is 23.7 Å². The van der Waals surface area contributed by atoms with Crippen molar-refractivity contribution in [2.45, 2.75) is 37.9 Å². The number of halogens is 1. The first-order valence-corrected chi connectivity index (χ1v) is 11.7. The summed E-state index contributed by atoms with van der Waals surface area (Å²) in [6.07, 6.45) is 0.392. The molecule has 0 spiro atoms. The van der Waals surface area contributed by atoms with Gasteiger partial charge < -0.3 is 24.6 Å². The third-order valence-corrected chi connectivity index (χ3v) is 6.81. The molecule has 3 amide bonds. The molecule has 1 atom stereocenters. The van der Waals surface area contributed by atoms with E-state index in [1.54, 1.807) is 18.2 Å². The van der Waals surface area contributed by atoms with Crippen LogP contribution in [0.2, 0.25) is 0 Å². The summed E-state index contributed by atoms with van der Waals surface area (Å²) in [5, 5.41) is 23.7. The van der Waals surface area contributed by atoms with Crippen LogP contribution in [0.15, 0.2) is 36.4 Å².